The summed E-state index contributed by atoms with van der Waals surface area (Å²) in [6.07, 6.45) is 6.92. The first kappa shape index (κ1) is 23.5. The minimum absolute atomic E-state index is 0.172. The zero-order valence-electron chi connectivity index (χ0n) is 19.1. The average Bonchev–Trinajstić information content (AvgIpc) is 3.39. The number of hydrogen-bond donors (Lipinski definition) is 2. The van der Waals surface area contributed by atoms with Gasteiger partial charge in [-0.2, -0.15) is 5.10 Å². The number of carbonyl (C=O) groups is 2. The van der Waals surface area contributed by atoms with Crippen LogP contribution >= 0.6 is 0 Å². The molecule has 1 heterocycles. The van der Waals surface area contributed by atoms with E-state index >= 15 is 0 Å². The molecule has 0 saturated heterocycles. The molecule has 0 atom stereocenters. The Morgan fingerprint density at radius 2 is 1.74 bits per heavy atom. The molecule has 3 N–H and O–H groups in total. The van der Waals surface area contributed by atoms with E-state index in [9.17, 15) is 9.59 Å². The van der Waals surface area contributed by atoms with E-state index in [2.05, 4.69) is 40.7 Å². The third kappa shape index (κ3) is 6.91. The van der Waals surface area contributed by atoms with E-state index in [0.29, 0.717) is 12.3 Å². The molecule has 0 unspecified atom stereocenters. The zero-order chi connectivity index (χ0) is 24.5. The fraction of sp³-hybridized carbons (Fsp3) is 0.107. The number of hydrogen-bond acceptors (Lipinski definition) is 4. The predicted molar refractivity (Wildman–Crippen MR) is 135 cm³/mol. The Bertz CT molecular complexity index is 1300. The Morgan fingerprint density at radius 1 is 0.971 bits per heavy atom. The lowest BCUT2D eigenvalue weighted by atomic mass is 9.98. The van der Waals surface area contributed by atoms with Gasteiger partial charge in [0.1, 0.15) is 5.75 Å². The Balaban J connectivity index is 1.34. The molecule has 0 saturated carbocycles. The molecular weight excluding hydrogens is 440 g/mol. The number of nitrogens with one attached hydrogen (secondary N) is 1. The molecule has 4 aromatic rings. The maximum atomic E-state index is 12.4. The fourth-order valence-electron chi connectivity index (χ4n) is 3.57. The van der Waals surface area contributed by atoms with Crippen LogP contribution in [0.2, 0.25) is 0 Å². The van der Waals surface area contributed by atoms with Gasteiger partial charge in [-0.15, -0.1) is 0 Å². The molecule has 35 heavy (non-hydrogen) atoms. The van der Waals surface area contributed by atoms with Gasteiger partial charge in [0.15, 0.2) is 6.61 Å². The van der Waals surface area contributed by atoms with Gasteiger partial charge in [0, 0.05) is 25.0 Å². The zero-order valence-corrected chi connectivity index (χ0v) is 19.1. The summed E-state index contributed by atoms with van der Waals surface area (Å²) in [6.45, 7) is 0.962. The van der Waals surface area contributed by atoms with Crippen LogP contribution in [0.3, 0.4) is 0 Å². The van der Waals surface area contributed by atoms with Crippen LogP contribution in [-0.2, 0) is 22.7 Å². The molecule has 1 aromatic heterocycles. The van der Waals surface area contributed by atoms with Crippen LogP contribution in [-0.4, -0.2) is 28.2 Å². The van der Waals surface area contributed by atoms with Crippen molar-refractivity contribution in [1.29, 1.82) is 0 Å². The summed E-state index contributed by atoms with van der Waals surface area (Å²) in [4.78, 5) is 23.2. The van der Waals surface area contributed by atoms with Crippen molar-refractivity contribution in [3.05, 3.63) is 114 Å². The van der Waals surface area contributed by atoms with Crippen molar-refractivity contribution >= 4 is 17.9 Å². The third-order valence-corrected chi connectivity index (χ3v) is 5.33. The molecule has 0 spiro atoms. The fourth-order valence-corrected chi connectivity index (χ4v) is 3.57. The van der Waals surface area contributed by atoms with E-state index in [0.717, 1.165) is 28.8 Å². The molecule has 176 valence electrons. The topological polar surface area (TPSA) is 99.2 Å². The lowest BCUT2D eigenvalue weighted by Gasteiger charge is -2.11. The number of ether oxygens (including phenoxy) is 1. The molecule has 7 heteroatoms. The minimum atomic E-state index is -0.533. The quantitative estimate of drug-likeness (QED) is 0.347. The van der Waals surface area contributed by atoms with Gasteiger partial charge in [0.05, 0.1) is 6.54 Å². The number of benzene rings is 3. The molecule has 0 bridgehead atoms. The number of carbonyl (C=O) groups excluding carboxylic acids is 2. The van der Waals surface area contributed by atoms with Gasteiger partial charge in [-0.05, 0) is 52.1 Å². The maximum absolute atomic E-state index is 12.4. The van der Waals surface area contributed by atoms with Crippen molar-refractivity contribution in [2.75, 3.05) is 6.61 Å². The summed E-state index contributed by atoms with van der Waals surface area (Å²) in [5.41, 5.74) is 10.3. The van der Waals surface area contributed by atoms with Gasteiger partial charge in [-0.3, -0.25) is 14.3 Å². The van der Waals surface area contributed by atoms with Gasteiger partial charge in [0.25, 0.3) is 5.91 Å². The lowest BCUT2D eigenvalue weighted by Crippen LogP contribution is -2.20. The molecule has 7 nitrogen and oxygen atoms in total. The Kier molecular flexibility index (Phi) is 7.70. The standard InChI is InChI=1S/C28H26N4O3/c29-27(33)20-35-25-13-8-21(9-14-25)10-15-28(34)30-18-24-4-1-2-5-26(24)23-11-6-22(7-12-23)19-32-17-3-16-31-32/h1-17H,18-20H2,(H2,29,33)(H,30,34). The third-order valence-electron chi connectivity index (χ3n) is 5.33. The molecule has 3 aromatic carbocycles. The summed E-state index contributed by atoms with van der Waals surface area (Å²) < 4.78 is 7.12. The van der Waals surface area contributed by atoms with Crippen molar-refractivity contribution in [3.8, 4) is 16.9 Å². The van der Waals surface area contributed by atoms with Gasteiger partial charge >= 0.3 is 0 Å². The summed E-state index contributed by atoms with van der Waals surface area (Å²) in [5.74, 6) is -0.186. The first-order valence-electron chi connectivity index (χ1n) is 11.2. The van der Waals surface area contributed by atoms with E-state index in [1.165, 1.54) is 11.6 Å². The van der Waals surface area contributed by atoms with E-state index in [4.69, 9.17) is 10.5 Å². The van der Waals surface area contributed by atoms with Crippen LogP contribution < -0.4 is 15.8 Å². The summed E-state index contributed by atoms with van der Waals surface area (Å²) in [7, 11) is 0. The number of nitrogens with two attached hydrogens (primary N) is 1. The minimum Gasteiger partial charge on any atom is -0.484 e. The summed E-state index contributed by atoms with van der Waals surface area (Å²) in [5, 5.41) is 7.20. The Labute approximate surface area is 203 Å². The second-order valence-corrected chi connectivity index (χ2v) is 7.93. The van der Waals surface area contributed by atoms with Crippen molar-refractivity contribution in [2.24, 2.45) is 5.73 Å². The summed E-state index contributed by atoms with van der Waals surface area (Å²) >= 11 is 0. The number of aromatic nitrogens is 2. The second-order valence-electron chi connectivity index (χ2n) is 7.93. The maximum Gasteiger partial charge on any atom is 0.255 e. The van der Waals surface area contributed by atoms with Crippen molar-refractivity contribution in [1.82, 2.24) is 15.1 Å². The number of nitrogens with zero attached hydrogens (tertiary/aromatic N) is 2. The highest BCUT2D eigenvalue weighted by Crippen LogP contribution is 2.24. The smallest absolute Gasteiger partial charge is 0.255 e. The Morgan fingerprint density at radius 3 is 2.46 bits per heavy atom. The highest BCUT2D eigenvalue weighted by atomic mass is 16.5. The average molecular weight is 467 g/mol. The number of primary amides is 1. The van der Waals surface area contributed by atoms with Gasteiger partial charge in [0.2, 0.25) is 5.91 Å². The first-order valence-corrected chi connectivity index (χ1v) is 11.2. The van der Waals surface area contributed by atoms with Crippen LogP contribution in [0.25, 0.3) is 17.2 Å². The summed E-state index contributed by atoms with van der Waals surface area (Å²) in [6, 6.07) is 25.4. The second kappa shape index (κ2) is 11.5. The van der Waals surface area contributed by atoms with Gasteiger partial charge < -0.3 is 15.8 Å². The van der Waals surface area contributed by atoms with Crippen LogP contribution in [0.4, 0.5) is 0 Å². The molecule has 2 amide bonds. The molecule has 0 aliphatic carbocycles. The Hall–Kier alpha value is -4.65. The van der Waals surface area contributed by atoms with Gasteiger partial charge in [-0.1, -0.05) is 60.7 Å². The molecule has 0 fully saturated rings. The van der Waals surface area contributed by atoms with Crippen LogP contribution in [0.1, 0.15) is 16.7 Å². The molecule has 0 aliphatic heterocycles. The number of rotatable bonds is 10. The molecule has 0 aliphatic rings. The largest absolute Gasteiger partial charge is 0.484 e. The van der Waals surface area contributed by atoms with Crippen LogP contribution in [0.15, 0.2) is 97.3 Å². The van der Waals surface area contributed by atoms with Crippen molar-refractivity contribution < 1.29 is 14.3 Å². The van der Waals surface area contributed by atoms with E-state index in [-0.39, 0.29) is 12.5 Å². The normalized spacial score (nSPS) is 10.9. The lowest BCUT2D eigenvalue weighted by molar-refractivity contribution is -0.120. The van der Waals surface area contributed by atoms with Crippen LogP contribution in [0.5, 0.6) is 5.75 Å². The monoisotopic (exact) mass is 466 g/mol. The van der Waals surface area contributed by atoms with E-state index in [1.807, 2.05) is 35.1 Å². The molecule has 4 rings (SSSR count). The SMILES string of the molecule is NC(=O)COc1ccc(C=CC(=O)NCc2ccccc2-c2ccc(Cn3cccn3)cc2)cc1. The van der Waals surface area contributed by atoms with Crippen molar-refractivity contribution in [2.45, 2.75) is 13.1 Å². The highest BCUT2D eigenvalue weighted by molar-refractivity contribution is 5.91. The number of amides is 2. The van der Waals surface area contributed by atoms with Crippen molar-refractivity contribution in [3.63, 3.8) is 0 Å². The van der Waals surface area contributed by atoms with E-state index < -0.39 is 5.91 Å². The molecule has 0 radical (unpaired) electrons. The van der Waals surface area contributed by atoms with Crippen LogP contribution in [0, 0.1) is 0 Å². The van der Waals surface area contributed by atoms with E-state index in [1.54, 1.807) is 36.5 Å². The predicted octanol–water partition coefficient (Wildman–Crippen LogP) is 3.79. The van der Waals surface area contributed by atoms with Gasteiger partial charge in [-0.25, -0.2) is 0 Å². The highest BCUT2D eigenvalue weighted by Gasteiger charge is 2.06. The first-order chi connectivity index (χ1) is 17.1. The molecular formula is C28H26N4O3.